The summed E-state index contributed by atoms with van der Waals surface area (Å²) < 4.78 is 10.8. The van der Waals surface area contributed by atoms with Crippen LogP contribution in [0.4, 0.5) is 0 Å². The first-order valence-corrected chi connectivity index (χ1v) is 10.2. The Labute approximate surface area is 133 Å². The molecule has 2 aliphatic heterocycles. The van der Waals surface area contributed by atoms with Gasteiger partial charge in [-0.15, -0.1) is 0 Å². The van der Waals surface area contributed by atoms with Crippen molar-refractivity contribution in [3.8, 4) is 0 Å². The molecule has 21 heavy (non-hydrogen) atoms. The lowest BCUT2D eigenvalue weighted by atomic mass is 9.85. The van der Waals surface area contributed by atoms with Crippen LogP contribution >= 0.6 is 11.8 Å². The highest BCUT2D eigenvalue weighted by Gasteiger charge is 2.32. The van der Waals surface area contributed by atoms with Gasteiger partial charge in [0.2, 0.25) is 0 Å². The molecule has 0 amide bonds. The molecule has 0 bridgehead atoms. The van der Waals surface area contributed by atoms with E-state index in [2.05, 4.69) is 11.8 Å². The highest BCUT2D eigenvalue weighted by Crippen LogP contribution is 2.42. The van der Waals surface area contributed by atoms with Gasteiger partial charge in [-0.3, -0.25) is 0 Å². The van der Waals surface area contributed by atoms with Crippen LogP contribution in [0.25, 0.3) is 0 Å². The van der Waals surface area contributed by atoms with Crippen LogP contribution in [0, 0.1) is 11.8 Å². The largest absolute Gasteiger partial charge is 0.373 e. The lowest BCUT2D eigenvalue weighted by molar-refractivity contribution is 0.291. The minimum atomic E-state index is 0.643. The van der Waals surface area contributed by atoms with Gasteiger partial charge in [0.1, 0.15) is 0 Å². The molecule has 120 valence electrons. The van der Waals surface area contributed by atoms with Gasteiger partial charge in [-0.2, -0.15) is 11.8 Å². The van der Waals surface area contributed by atoms with Crippen LogP contribution in [0.3, 0.4) is 0 Å². The van der Waals surface area contributed by atoms with Crippen LogP contribution in [0.5, 0.6) is 0 Å². The molecular weight excluding hydrogens is 280 g/mol. The Morgan fingerprint density at radius 1 is 0.619 bits per heavy atom. The Balaban J connectivity index is 1.12. The van der Waals surface area contributed by atoms with E-state index in [1.54, 1.807) is 0 Å². The molecule has 2 aliphatic carbocycles. The summed E-state index contributed by atoms with van der Waals surface area (Å²) in [6.07, 6.45) is 15.7. The molecule has 0 aromatic carbocycles. The van der Waals surface area contributed by atoms with Crippen molar-refractivity contribution in [3.63, 3.8) is 0 Å². The number of thioether (sulfide) groups is 1. The second kappa shape index (κ2) is 6.80. The van der Waals surface area contributed by atoms with Crippen molar-refractivity contribution in [2.75, 3.05) is 13.2 Å². The number of rotatable bonds is 6. The second-order valence-electron chi connectivity index (χ2n) is 7.80. The summed E-state index contributed by atoms with van der Waals surface area (Å²) in [6, 6.07) is 0. The van der Waals surface area contributed by atoms with E-state index in [4.69, 9.17) is 9.47 Å². The highest BCUT2D eigenvalue weighted by molar-refractivity contribution is 8.00. The van der Waals surface area contributed by atoms with Crippen molar-refractivity contribution in [3.05, 3.63) is 0 Å². The first kappa shape index (κ1) is 14.8. The number of ether oxygens (including phenoxy) is 2. The average Bonchev–Trinajstić information content (AvgIpc) is 3.40. The predicted octanol–water partition coefficient (Wildman–Crippen LogP) is 4.42. The third kappa shape index (κ3) is 4.62. The zero-order valence-corrected chi connectivity index (χ0v) is 14.0. The van der Waals surface area contributed by atoms with E-state index in [1.807, 2.05) is 0 Å². The Kier molecular flexibility index (Phi) is 4.80. The zero-order chi connectivity index (χ0) is 14.1. The first-order valence-electron chi connectivity index (χ1n) is 9.24. The fourth-order valence-corrected chi connectivity index (χ4v) is 6.06. The van der Waals surface area contributed by atoms with E-state index in [9.17, 15) is 0 Å². The Bertz CT molecular complexity index is 292. The topological polar surface area (TPSA) is 25.1 Å². The monoisotopic (exact) mass is 310 g/mol. The fourth-order valence-electron chi connectivity index (χ4n) is 4.43. The van der Waals surface area contributed by atoms with Gasteiger partial charge >= 0.3 is 0 Å². The second-order valence-corrected chi connectivity index (χ2v) is 9.41. The van der Waals surface area contributed by atoms with E-state index < -0.39 is 0 Å². The third-order valence-corrected chi connectivity index (χ3v) is 7.68. The summed E-state index contributed by atoms with van der Waals surface area (Å²) in [6.45, 7) is 2.09. The van der Waals surface area contributed by atoms with Gasteiger partial charge < -0.3 is 9.47 Å². The third-order valence-electron chi connectivity index (χ3n) is 5.97. The Morgan fingerprint density at radius 2 is 1.00 bits per heavy atom. The summed E-state index contributed by atoms with van der Waals surface area (Å²) in [4.78, 5) is 0. The maximum absolute atomic E-state index is 5.39. The van der Waals surface area contributed by atoms with Crippen LogP contribution in [0.15, 0.2) is 0 Å². The number of hydrogen-bond donors (Lipinski definition) is 0. The van der Waals surface area contributed by atoms with E-state index in [0.717, 1.165) is 35.5 Å². The summed E-state index contributed by atoms with van der Waals surface area (Å²) in [5.74, 6) is 1.95. The fraction of sp³-hybridized carbons (Fsp3) is 1.00. The Morgan fingerprint density at radius 3 is 1.33 bits per heavy atom. The van der Waals surface area contributed by atoms with Crippen molar-refractivity contribution in [1.29, 1.82) is 0 Å². The van der Waals surface area contributed by atoms with Crippen LogP contribution in [0.2, 0.25) is 0 Å². The van der Waals surface area contributed by atoms with E-state index in [1.165, 1.54) is 64.2 Å². The minimum Gasteiger partial charge on any atom is -0.373 e. The summed E-state index contributed by atoms with van der Waals surface area (Å²) >= 11 is 2.35. The molecule has 2 atom stereocenters. The number of hydrogen-bond acceptors (Lipinski definition) is 3. The molecule has 2 heterocycles. The predicted molar refractivity (Wildman–Crippen MR) is 87.8 cm³/mol. The minimum absolute atomic E-state index is 0.643. The normalized spacial score (nSPS) is 46.3. The highest BCUT2D eigenvalue weighted by atomic mass is 32.2. The average molecular weight is 311 g/mol. The van der Waals surface area contributed by atoms with Gasteiger partial charge in [0.25, 0.3) is 0 Å². The van der Waals surface area contributed by atoms with Gasteiger partial charge in [0, 0.05) is 10.5 Å². The molecule has 0 radical (unpaired) electrons. The molecule has 2 saturated heterocycles. The van der Waals surface area contributed by atoms with Crippen LogP contribution in [-0.2, 0) is 9.47 Å². The molecule has 3 heteroatoms. The smallest absolute Gasteiger partial charge is 0.0812 e. The van der Waals surface area contributed by atoms with Crippen molar-refractivity contribution in [2.45, 2.75) is 86.9 Å². The van der Waals surface area contributed by atoms with Crippen LogP contribution in [0.1, 0.15) is 64.2 Å². The van der Waals surface area contributed by atoms with Crippen molar-refractivity contribution < 1.29 is 9.47 Å². The van der Waals surface area contributed by atoms with E-state index >= 15 is 0 Å². The molecule has 4 fully saturated rings. The van der Waals surface area contributed by atoms with Crippen LogP contribution in [-0.4, -0.2) is 35.9 Å². The molecule has 2 saturated carbocycles. The Hall–Kier alpha value is 0.270. The SMILES string of the molecule is C1CC(SC2CCC(CC3CO3)CC2)CCC1CC1CO1. The van der Waals surface area contributed by atoms with Gasteiger partial charge in [-0.1, -0.05) is 0 Å². The van der Waals surface area contributed by atoms with E-state index in [0.29, 0.717) is 12.2 Å². The summed E-state index contributed by atoms with van der Waals surface area (Å²) in [5.41, 5.74) is 0. The summed E-state index contributed by atoms with van der Waals surface area (Å²) in [7, 11) is 0. The van der Waals surface area contributed by atoms with Gasteiger partial charge in [0.15, 0.2) is 0 Å². The van der Waals surface area contributed by atoms with Gasteiger partial charge in [-0.25, -0.2) is 0 Å². The van der Waals surface area contributed by atoms with E-state index in [-0.39, 0.29) is 0 Å². The number of epoxide rings is 2. The molecule has 0 N–H and O–H groups in total. The molecule has 2 unspecified atom stereocenters. The van der Waals surface area contributed by atoms with Crippen molar-refractivity contribution in [2.24, 2.45) is 11.8 Å². The quantitative estimate of drug-likeness (QED) is 0.679. The molecule has 2 nitrogen and oxygen atoms in total. The van der Waals surface area contributed by atoms with Crippen molar-refractivity contribution >= 4 is 11.8 Å². The molecule has 4 aliphatic rings. The maximum atomic E-state index is 5.39. The first-order chi connectivity index (χ1) is 10.3. The molecular formula is C18H30O2S. The summed E-state index contributed by atoms with van der Waals surface area (Å²) in [5, 5.41) is 1.93. The maximum Gasteiger partial charge on any atom is 0.0812 e. The molecule has 0 aromatic heterocycles. The standard InChI is InChI=1S/C18H30O2S/c1-5-17(6-2-13(1)9-15-11-19-15)21-18-7-3-14(4-8-18)10-16-12-20-16/h13-18H,1-12H2. The molecule has 0 aromatic rings. The molecule has 4 rings (SSSR count). The van der Waals surface area contributed by atoms with Gasteiger partial charge in [0.05, 0.1) is 25.4 Å². The van der Waals surface area contributed by atoms with Gasteiger partial charge in [-0.05, 0) is 76.0 Å². The van der Waals surface area contributed by atoms with Crippen LogP contribution < -0.4 is 0 Å². The zero-order valence-electron chi connectivity index (χ0n) is 13.2. The van der Waals surface area contributed by atoms with Crippen molar-refractivity contribution in [1.82, 2.24) is 0 Å². The molecule has 0 spiro atoms. The lowest BCUT2D eigenvalue weighted by Crippen LogP contribution is -2.23. The lowest BCUT2D eigenvalue weighted by Gasteiger charge is -2.33.